The Kier molecular flexibility index (Phi) is 4.48. The predicted molar refractivity (Wildman–Crippen MR) is 74.2 cm³/mol. The molecule has 5 unspecified atom stereocenters. The summed E-state index contributed by atoms with van der Waals surface area (Å²) in [4.78, 5) is 2.49. The fourth-order valence-electron chi connectivity index (χ4n) is 3.66. The molecule has 1 N–H and O–H groups in total. The summed E-state index contributed by atoms with van der Waals surface area (Å²) in [6.07, 6.45) is 6.89. The van der Waals surface area contributed by atoms with Crippen molar-refractivity contribution in [1.29, 1.82) is 0 Å². The van der Waals surface area contributed by atoms with Crippen LogP contribution < -0.4 is 5.32 Å². The summed E-state index contributed by atoms with van der Waals surface area (Å²) in [5, 5.41) is 3.95. The van der Waals surface area contributed by atoms with E-state index in [1.54, 1.807) is 0 Å². The van der Waals surface area contributed by atoms with Gasteiger partial charge in [-0.3, -0.25) is 0 Å². The number of piperidine rings is 1. The molecule has 2 nitrogen and oxygen atoms in total. The number of hydrogen-bond donors (Lipinski definition) is 1. The van der Waals surface area contributed by atoms with Gasteiger partial charge in [-0.25, -0.2) is 0 Å². The molecule has 0 aromatic heterocycles. The average Bonchev–Trinajstić information content (AvgIpc) is 2.27. The third kappa shape index (κ3) is 3.45. The van der Waals surface area contributed by atoms with Gasteiger partial charge in [-0.1, -0.05) is 13.8 Å². The fraction of sp³-hybridized carbons (Fsp3) is 1.00. The SMILES string of the molecule is CC1CCC(NC2CCN(C)C(C)C2)C(C)C1. The first kappa shape index (κ1) is 13.4. The smallest absolute Gasteiger partial charge is 0.00967 e. The zero-order valence-electron chi connectivity index (χ0n) is 12.1. The van der Waals surface area contributed by atoms with E-state index in [1.165, 1.54) is 38.6 Å². The maximum atomic E-state index is 3.95. The highest BCUT2D eigenvalue weighted by atomic mass is 15.1. The molecule has 5 atom stereocenters. The van der Waals surface area contributed by atoms with Crippen molar-refractivity contribution in [1.82, 2.24) is 10.2 Å². The molecule has 1 saturated carbocycles. The molecule has 2 fully saturated rings. The van der Waals surface area contributed by atoms with Crippen molar-refractivity contribution < 1.29 is 0 Å². The van der Waals surface area contributed by atoms with E-state index in [0.717, 1.165) is 30.0 Å². The van der Waals surface area contributed by atoms with Gasteiger partial charge < -0.3 is 10.2 Å². The maximum absolute atomic E-state index is 3.95. The van der Waals surface area contributed by atoms with Crippen molar-refractivity contribution in [2.45, 2.75) is 71.0 Å². The summed E-state index contributed by atoms with van der Waals surface area (Å²) >= 11 is 0. The Morgan fingerprint density at radius 3 is 2.41 bits per heavy atom. The second-order valence-corrected chi connectivity index (χ2v) is 6.72. The molecule has 0 bridgehead atoms. The minimum Gasteiger partial charge on any atom is -0.311 e. The van der Waals surface area contributed by atoms with Crippen LogP contribution in [0.15, 0.2) is 0 Å². The Morgan fingerprint density at radius 1 is 1.00 bits per heavy atom. The highest BCUT2D eigenvalue weighted by Gasteiger charge is 2.29. The number of hydrogen-bond acceptors (Lipinski definition) is 2. The van der Waals surface area contributed by atoms with Crippen LogP contribution in [0.3, 0.4) is 0 Å². The summed E-state index contributed by atoms with van der Waals surface area (Å²) in [6.45, 7) is 8.46. The van der Waals surface area contributed by atoms with Gasteiger partial charge in [0.1, 0.15) is 0 Å². The Morgan fingerprint density at radius 2 is 1.76 bits per heavy atom. The highest BCUT2D eigenvalue weighted by Crippen LogP contribution is 2.29. The lowest BCUT2D eigenvalue weighted by molar-refractivity contribution is 0.139. The van der Waals surface area contributed by atoms with Crippen LogP contribution in [0.1, 0.15) is 52.9 Å². The predicted octanol–water partition coefficient (Wildman–Crippen LogP) is 2.88. The molecule has 0 aromatic rings. The molecule has 2 heteroatoms. The van der Waals surface area contributed by atoms with E-state index in [1.807, 2.05) is 0 Å². The molecule has 0 amide bonds. The van der Waals surface area contributed by atoms with Crippen molar-refractivity contribution in [3.05, 3.63) is 0 Å². The summed E-state index contributed by atoms with van der Waals surface area (Å²) in [5.74, 6) is 1.81. The first-order valence-electron chi connectivity index (χ1n) is 7.52. The monoisotopic (exact) mass is 238 g/mol. The summed E-state index contributed by atoms with van der Waals surface area (Å²) in [6, 6.07) is 2.30. The van der Waals surface area contributed by atoms with E-state index in [9.17, 15) is 0 Å². The number of nitrogens with zero attached hydrogens (tertiary/aromatic N) is 1. The standard InChI is InChI=1S/C15H30N2/c1-11-5-6-15(12(2)9-11)16-14-7-8-17(4)13(3)10-14/h11-16H,5-10H2,1-4H3. The van der Waals surface area contributed by atoms with Crippen LogP contribution in [0.5, 0.6) is 0 Å². The molecule has 1 heterocycles. The molecule has 0 aromatic carbocycles. The second kappa shape index (κ2) is 5.71. The van der Waals surface area contributed by atoms with Gasteiger partial charge in [-0.15, -0.1) is 0 Å². The number of likely N-dealkylation sites (tertiary alicyclic amines) is 1. The van der Waals surface area contributed by atoms with Crippen LogP contribution in [0.25, 0.3) is 0 Å². The fourth-order valence-corrected chi connectivity index (χ4v) is 3.66. The lowest BCUT2D eigenvalue weighted by Crippen LogP contribution is -2.51. The van der Waals surface area contributed by atoms with Crippen LogP contribution >= 0.6 is 0 Å². The summed E-state index contributed by atoms with van der Waals surface area (Å²) in [5.41, 5.74) is 0. The lowest BCUT2D eigenvalue weighted by Gasteiger charge is -2.40. The Labute approximate surface area is 107 Å². The van der Waals surface area contributed by atoms with Gasteiger partial charge in [0.15, 0.2) is 0 Å². The van der Waals surface area contributed by atoms with Crippen molar-refractivity contribution in [3.63, 3.8) is 0 Å². The normalized spacial score (nSPS) is 44.8. The molecule has 0 radical (unpaired) electrons. The molecule has 2 aliphatic rings. The zero-order chi connectivity index (χ0) is 12.4. The third-order valence-corrected chi connectivity index (χ3v) is 5.09. The molecular weight excluding hydrogens is 208 g/mol. The quantitative estimate of drug-likeness (QED) is 0.796. The van der Waals surface area contributed by atoms with Gasteiger partial charge in [-0.05, 0) is 64.5 Å². The van der Waals surface area contributed by atoms with Crippen LogP contribution in [0.4, 0.5) is 0 Å². The van der Waals surface area contributed by atoms with Gasteiger partial charge in [0.05, 0.1) is 0 Å². The van der Waals surface area contributed by atoms with Gasteiger partial charge in [0.2, 0.25) is 0 Å². The second-order valence-electron chi connectivity index (χ2n) is 6.72. The third-order valence-electron chi connectivity index (χ3n) is 5.09. The van der Waals surface area contributed by atoms with Crippen molar-refractivity contribution in [2.75, 3.05) is 13.6 Å². The molecule has 1 aliphatic carbocycles. The van der Waals surface area contributed by atoms with E-state index < -0.39 is 0 Å². The van der Waals surface area contributed by atoms with E-state index in [-0.39, 0.29) is 0 Å². The minimum absolute atomic E-state index is 0.749. The molecule has 1 saturated heterocycles. The molecule has 100 valence electrons. The number of nitrogens with one attached hydrogen (secondary N) is 1. The number of rotatable bonds is 2. The Hall–Kier alpha value is -0.0800. The average molecular weight is 238 g/mol. The van der Waals surface area contributed by atoms with Crippen molar-refractivity contribution in [2.24, 2.45) is 11.8 Å². The summed E-state index contributed by atoms with van der Waals surface area (Å²) < 4.78 is 0. The maximum Gasteiger partial charge on any atom is 0.00967 e. The van der Waals surface area contributed by atoms with Crippen molar-refractivity contribution in [3.8, 4) is 0 Å². The topological polar surface area (TPSA) is 15.3 Å². The Bertz CT molecular complexity index is 241. The first-order valence-corrected chi connectivity index (χ1v) is 7.52. The molecular formula is C15H30N2. The van der Waals surface area contributed by atoms with E-state index in [2.05, 4.69) is 38.0 Å². The molecule has 0 spiro atoms. The van der Waals surface area contributed by atoms with Crippen molar-refractivity contribution >= 4 is 0 Å². The van der Waals surface area contributed by atoms with Crippen LogP contribution in [-0.4, -0.2) is 36.6 Å². The largest absolute Gasteiger partial charge is 0.311 e. The molecule has 17 heavy (non-hydrogen) atoms. The van der Waals surface area contributed by atoms with Crippen LogP contribution in [-0.2, 0) is 0 Å². The highest BCUT2D eigenvalue weighted by molar-refractivity contribution is 4.87. The zero-order valence-corrected chi connectivity index (χ0v) is 12.1. The summed E-state index contributed by atoms with van der Waals surface area (Å²) in [7, 11) is 2.26. The first-order chi connectivity index (χ1) is 8.06. The van der Waals surface area contributed by atoms with Gasteiger partial charge in [-0.2, -0.15) is 0 Å². The van der Waals surface area contributed by atoms with Gasteiger partial charge in [0, 0.05) is 18.1 Å². The Balaban J connectivity index is 1.81. The van der Waals surface area contributed by atoms with Crippen LogP contribution in [0, 0.1) is 11.8 Å². The van der Waals surface area contributed by atoms with Crippen LogP contribution in [0.2, 0.25) is 0 Å². The minimum atomic E-state index is 0.749. The van der Waals surface area contributed by atoms with E-state index >= 15 is 0 Å². The van der Waals surface area contributed by atoms with E-state index in [0.29, 0.717) is 0 Å². The van der Waals surface area contributed by atoms with E-state index in [4.69, 9.17) is 0 Å². The van der Waals surface area contributed by atoms with Gasteiger partial charge in [0.25, 0.3) is 0 Å². The molecule has 2 rings (SSSR count). The lowest BCUT2D eigenvalue weighted by atomic mass is 9.79. The van der Waals surface area contributed by atoms with Gasteiger partial charge >= 0.3 is 0 Å². The molecule has 1 aliphatic heterocycles.